The molecule has 1 saturated heterocycles. The Morgan fingerprint density at radius 1 is 0.743 bits per heavy atom. The molecule has 392 valence electrons. The Hall–Kier alpha value is -7.48. The Kier molecular flexibility index (Phi) is 20.0. The predicted octanol–water partition coefficient (Wildman–Crippen LogP) is 9.50. The lowest BCUT2D eigenvalue weighted by Crippen LogP contribution is -2.53. The number of hydrogen-bond acceptors (Lipinski definition) is 11. The third-order valence-electron chi connectivity index (χ3n) is 13.8. The van der Waals surface area contributed by atoms with Crippen molar-refractivity contribution in [3.05, 3.63) is 161 Å². The fourth-order valence-electron chi connectivity index (χ4n) is 8.98. The van der Waals surface area contributed by atoms with Crippen LogP contribution < -0.4 is 15.4 Å². The number of aromatic hydroxyl groups is 2. The highest BCUT2D eigenvalue weighted by atomic mass is 16.6. The van der Waals surface area contributed by atoms with E-state index in [0.29, 0.717) is 81.2 Å². The van der Waals surface area contributed by atoms with Gasteiger partial charge in [0.2, 0.25) is 11.7 Å². The van der Waals surface area contributed by atoms with Crippen molar-refractivity contribution in [1.29, 1.82) is 0 Å². The highest BCUT2D eigenvalue weighted by Gasteiger charge is 2.43. The molecule has 74 heavy (non-hydrogen) atoms. The maximum Gasteiger partial charge on any atom is 0.330 e. The molecule has 14 heteroatoms. The number of carbonyl (C=O) groups is 6. The standard InChI is InChI=1S/C60H71N3O11/c1-6-48(57(70)74-60(44-21-11-8-12-22-44,45-23-13-9-14-24-45)46-32-28-41(3)29-33-46)62-53(66)27-15-10-17-36-61-54(67)40-72-47-25-19-20-43(39-47)52(35-31-42-30-34-50(64)51(65)38-42)73-58(71)49-26-16-18-37-63(49)56(69)55(68)59(4,5)7-2/h8-9,11-14,19-25,28-30,32-34,38-39,48-49,52,64-65H,6-7,10,15-18,26-27,31,35-37,40H2,1-5H3,(H,61,67)(H,62,66)/t48?,49-,52?/m0/s1. The van der Waals surface area contributed by atoms with Crippen LogP contribution in [0.3, 0.4) is 0 Å². The van der Waals surface area contributed by atoms with Crippen molar-refractivity contribution in [2.45, 2.75) is 129 Å². The molecule has 4 N–H and O–H groups in total. The second-order valence-corrected chi connectivity index (χ2v) is 19.6. The van der Waals surface area contributed by atoms with E-state index in [-0.39, 0.29) is 49.3 Å². The van der Waals surface area contributed by atoms with Crippen LogP contribution in [0.5, 0.6) is 17.2 Å². The predicted molar refractivity (Wildman–Crippen MR) is 281 cm³/mol. The number of Topliss-reactive ketones (excluding diaryl/α,β-unsaturated/α-hetero) is 1. The summed E-state index contributed by atoms with van der Waals surface area (Å²) in [4.78, 5) is 82.3. The molecule has 1 heterocycles. The molecule has 0 aromatic heterocycles. The summed E-state index contributed by atoms with van der Waals surface area (Å²) in [5, 5.41) is 25.7. The number of phenolic OH excluding ortho intramolecular Hbond substituents is 2. The van der Waals surface area contributed by atoms with E-state index in [0.717, 1.165) is 22.3 Å². The third-order valence-corrected chi connectivity index (χ3v) is 13.8. The smallest absolute Gasteiger partial charge is 0.330 e. The number of ether oxygens (including phenoxy) is 3. The second-order valence-electron chi connectivity index (χ2n) is 19.6. The largest absolute Gasteiger partial charge is 0.504 e. The Morgan fingerprint density at radius 3 is 2.07 bits per heavy atom. The van der Waals surface area contributed by atoms with Crippen LogP contribution in [-0.2, 0) is 50.3 Å². The Morgan fingerprint density at radius 2 is 1.42 bits per heavy atom. The van der Waals surface area contributed by atoms with Gasteiger partial charge in [-0.2, -0.15) is 0 Å². The maximum absolute atomic E-state index is 14.1. The number of likely N-dealkylation sites (tertiary alicyclic amines) is 1. The lowest BCUT2D eigenvalue weighted by molar-refractivity contribution is -0.164. The van der Waals surface area contributed by atoms with Gasteiger partial charge in [-0.1, -0.05) is 143 Å². The van der Waals surface area contributed by atoms with Crippen molar-refractivity contribution in [2.75, 3.05) is 19.7 Å². The number of amides is 3. The zero-order valence-corrected chi connectivity index (χ0v) is 43.3. The molecule has 1 aliphatic rings. The van der Waals surface area contributed by atoms with Gasteiger partial charge >= 0.3 is 11.9 Å². The van der Waals surface area contributed by atoms with Gasteiger partial charge in [-0.05, 0) is 100 Å². The van der Waals surface area contributed by atoms with Crippen LogP contribution in [-0.4, -0.2) is 82.3 Å². The van der Waals surface area contributed by atoms with Crippen LogP contribution in [0, 0.1) is 12.3 Å². The minimum absolute atomic E-state index is 0.180. The van der Waals surface area contributed by atoms with Crippen LogP contribution in [0.25, 0.3) is 0 Å². The number of ketones is 1. The van der Waals surface area contributed by atoms with E-state index in [1.807, 2.05) is 106 Å². The van der Waals surface area contributed by atoms with Gasteiger partial charge in [0.05, 0.1) is 0 Å². The second kappa shape index (κ2) is 26.5. The summed E-state index contributed by atoms with van der Waals surface area (Å²) in [7, 11) is 0. The summed E-state index contributed by atoms with van der Waals surface area (Å²) >= 11 is 0. The Bertz CT molecular complexity index is 2650. The molecule has 14 nitrogen and oxygen atoms in total. The van der Waals surface area contributed by atoms with Gasteiger partial charge in [0, 0.05) is 41.6 Å². The zero-order chi connectivity index (χ0) is 53.3. The summed E-state index contributed by atoms with van der Waals surface area (Å²) in [5.74, 6) is -3.27. The van der Waals surface area contributed by atoms with Gasteiger partial charge in [-0.25, -0.2) is 9.59 Å². The number of rotatable bonds is 25. The molecule has 0 saturated carbocycles. The first-order valence-corrected chi connectivity index (χ1v) is 25.8. The molecule has 5 aromatic rings. The molecule has 0 aliphatic carbocycles. The average molecular weight is 1010 g/mol. The van der Waals surface area contributed by atoms with E-state index in [9.17, 15) is 39.0 Å². The molecule has 1 fully saturated rings. The SMILES string of the molecule is CCC(NC(=O)CCCCCNC(=O)COc1cccc(C(CCc2ccc(O)c(O)c2)OC(=O)[C@@H]2CCCCN2C(=O)C(=O)C(C)(C)CC)c1)C(=O)OC(c1ccccc1)(c1ccccc1)c1ccc(C)cc1. The molecule has 5 aromatic carbocycles. The molecule has 0 spiro atoms. The molecule has 0 radical (unpaired) electrons. The maximum atomic E-state index is 14.1. The molecule has 1 aliphatic heterocycles. The van der Waals surface area contributed by atoms with Gasteiger partial charge in [0.1, 0.15) is 23.9 Å². The quantitative estimate of drug-likeness (QED) is 0.0143. The number of benzene rings is 5. The first-order valence-electron chi connectivity index (χ1n) is 25.8. The summed E-state index contributed by atoms with van der Waals surface area (Å²) in [6.45, 7) is 9.41. The lowest BCUT2D eigenvalue weighted by atomic mass is 9.79. The molecule has 6 rings (SSSR count). The van der Waals surface area contributed by atoms with Crippen LogP contribution in [0.1, 0.15) is 131 Å². The summed E-state index contributed by atoms with van der Waals surface area (Å²) in [6, 6.07) is 36.6. The number of esters is 2. The van der Waals surface area contributed by atoms with Gasteiger partial charge in [0.15, 0.2) is 23.7 Å². The van der Waals surface area contributed by atoms with Gasteiger partial charge in [-0.3, -0.25) is 19.2 Å². The first kappa shape index (κ1) is 55.8. The van der Waals surface area contributed by atoms with Gasteiger partial charge in [0.25, 0.3) is 11.8 Å². The fourth-order valence-corrected chi connectivity index (χ4v) is 8.98. The van der Waals surface area contributed by atoms with E-state index in [1.54, 1.807) is 44.2 Å². The fraction of sp³-hybridized carbons (Fsp3) is 0.400. The first-order chi connectivity index (χ1) is 35.6. The topological polar surface area (TPSA) is 198 Å². The average Bonchev–Trinajstić information content (AvgIpc) is 3.42. The van der Waals surface area contributed by atoms with E-state index in [4.69, 9.17) is 14.2 Å². The Labute approximate surface area is 434 Å². The van der Waals surface area contributed by atoms with E-state index in [1.165, 1.54) is 17.0 Å². The van der Waals surface area contributed by atoms with E-state index in [2.05, 4.69) is 10.6 Å². The number of phenols is 2. The van der Waals surface area contributed by atoms with E-state index < -0.39 is 52.8 Å². The summed E-state index contributed by atoms with van der Waals surface area (Å²) < 4.78 is 18.6. The molecule has 2 unspecified atom stereocenters. The normalized spacial score (nSPS) is 14.5. The minimum Gasteiger partial charge on any atom is -0.504 e. The number of nitrogens with one attached hydrogen (secondary N) is 2. The van der Waals surface area contributed by atoms with Crippen LogP contribution in [0.4, 0.5) is 0 Å². The lowest BCUT2D eigenvalue weighted by Gasteiger charge is -2.36. The highest BCUT2D eigenvalue weighted by molar-refractivity contribution is 6.38. The number of carbonyl (C=O) groups excluding carboxylic acids is 6. The third kappa shape index (κ3) is 14.6. The number of hydrogen-bond donors (Lipinski definition) is 4. The van der Waals surface area contributed by atoms with Crippen molar-refractivity contribution >= 4 is 35.4 Å². The minimum atomic E-state index is -1.27. The molecular formula is C60H71N3O11. The van der Waals surface area contributed by atoms with Gasteiger partial charge in [-0.15, -0.1) is 0 Å². The van der Waals surface area contributed by atoms with Crippen molar-refractivity contribution in [3.63, 3.8) is 0 Å². The van der Waals surface area contributed by atoms with Crippen LogP contribution in [0.2, 0.25) is 0 Å². The summed E-state index contributed by atoms with van der Waals surface area (Å²) in [5.41, 5.74) is 2.48. The van der Waals surface area contributed by atoms with Crippen molar-refractivity contribution in [2.24, 2.45) is 5.41 Å². The van der Waals surface area contributed by atoms with Crippen molar-refractivity contribution in [1.82, 2.24) is 15.5 Å². The molecule has 3 amide bonds. The number of aryl methyl sites for hydroxylation is 2. The van der Waals surface area contributed by atoms with Crippen molar-refractivity contribution in [3.8, 4) is 17.2 Å². The number of unbranched alkanes of at least 4 members (excludes halogenated alkanes) is 2. The molecule has 3 atom stereocenters. The van der Waals surface area contributed by atoms with Crippen molar-refractivity contribution < 1.29 is 53.2 Å². The van der Waals surface area contributed by atoms with Crippen LogP contribution >= 0.6 is 0 Å². The zero-order valence-electron chi connectivity index (χ0n) is 43.3. The van der Waals surface area contributed by atoms with E-state index >= 15 is 0 Å². The highest BCUT2D eigenvalue weighted by Crippen LogP contribution is 2.41. The van der Waals surface area contributed by atoms with Gasteiger partial charge < -0.3 is 40.0 Å². The summed E-state index contributed by atoms with van der Waals surface area (Å²) in [6.07, 6.45) is 4.16. The monoisotopic (exact) mass is 1010 g/mol. The Balaban J connectivity index is 1.00. The number of nitrogens with zero attached hydrogens (tertiary/aromatic N) is 1. The number of piperidine rings is 1. The molecular weight excluding hydrogens is 939 g/mol. The molecule has 0 bridgehead atoms. The van der Waals surface area contributed by atoms with Crippen LogP contribution in [0.15, 0.2) is 127 Å².